The second-order valence-electron chi connectivity index (χ2n) is 6.49. The number of nitrogens with two attached hydrogens (primary N) is 1. The molecule has 0 saturated carbocycles. The van der Waals surface area contributed by atoms with Gasteiger partial charge in [0.05, 0.1) is 17.0 Å². The summed E-state index contributed by atoms with van der Waals surface area (Å²) in [6.45, 7) is 1.81. The molecule has 0 amide bonds. The van der Waals surface area contributed by atoms with E-state index in [2.05, 4.69) is 43.0 Å². The predicted molar refractivity (Wildman–Crippen MR) is 104 cm³/mol. The summed E-state index contributed by atoms with van der Waals surface area (Å²) in [5, 5.41) is 0. The molecule has 0 bridgehead atoms. The number of pyridine rings is 1. The Morgan fingerprint density at radius 2 is 2.04 bits per heavy atom. The van der Waals surface area contributed by atoms with Crippen LogP contribution in [0.1, 0.15) is 39.6 Å². The van der Waals surface area contributed by atoms with Gasteiger partial charge in [0.2, 0.25) is 5.95 Å². The Balaban J connectivity index is 1.79. The highest BCUT2D eigenvalue weighted by Crippen LogP contribution is 2.37. The van der Waals surface area contributed by atoms with E-state index in [1.54, 1.807) is 6.20 Å². The molecule has 0 saturated heterocycles. The van der Waals surface area contributed by atoms with Crippen LogP contribution in [-0.4, -0.2) is 20.7 Å². The zero-order valence-corrected chi connectivity index (χ0v) is 15.8. The molecule has 6 heteroatoms. The van der Waals surface area contributed by atoms with E-state index in [1.807, 2.05) is 31.3 Å². The van der Waals surface area contributed by atoms with E-state index in [9.17, 15) is 4.79 Å². The second-order valence-corrected chi connectivity index (χ2v) is 7.41. The van der Waals surface area contributed by atoms with Crippen molar-refractivity contribution in [2.75, 3.05) is 5.73 Å². The molecular weight excluding hydrogens is 392 g/mol. The molecule has 1 unspecified atom stereocenters. The molecule has 3 aromatic rings. The Bertz CT molecular complexity index is 1020. The van der Waals surface area contributed by atoms with E-state index < -0.39 is 0 Å². The number of aryl methyl sites for hydroxylation is 1. The van der Waals surface area contributed by atoms with E-state index in [1.165, 1.54) is 0 Å². The van der Waals surface area contributed by atoms with Crippen LogP contribution in [-0.2, 0) is 6.42 Å². The third kappa shape index (κ3) is 3.01. The molecule has 2 N–H and O–H groups in total. The molecule has 0 fully saturated rings. The van der Waals surface area contributed by atoms with Gasteiger partial charge in [-0.05, 0) is 54.2 Å². The first kappa shape index (κ1) is 16.8. The summed E-state index contributed by atoms with van der Waals surface area (Å²) >= 11 is 3.53. The van der Waals surface area contributed by atoms with Crippen LogP contribution in [0.25, 0.3) is 11.1 Å². The van der Waals surface area contributed by atoms with Crippen molar-refractivity contribution in [1.82, 2.24) is 15.0 Å². The van der Waals surface area contributed by atoms with Crippen molar-refractivity contribution in [1.29, 1.82) is 0 Å². The standard InChI is InChI=1S/C20H17BrN4O/c1-11-19-17(25-20(22)24-11)8-13(9-18(19)26)16-10-23-6-5-15(16)12-3-2-4-14(21)7-12/h2-7,10,13H,8-9H2,1H3,(H2,22,24,25). The van der Waals surface area contributed by atoms with Crippen molar-refractivity contribution < 1.29 is 4.79 Å². The van der Waals surface area contributed by atoms with Crippen LogP contribution in [0.5, 0.6) is 0 Å². The van der Waals surface area contributed by atoms with Gasteiger partial charge in [0, 0.05) is 23.3 Å². The van der Waals surface area contributed by atoms with Crippen LogP contribution in [0.3, 0.4) is 0 Å². The van der Waals surface area contributed by atoms with Gasteiger partial charge in [-0.25, -0.2) is 9.97 Å². The summed E-state index contributed by atoms with van der Waals surface area (Å²) in [6.07, 6.45) is 4.72. The van der Waals surface area contributed by atoms with Crippen molar-refractivity contribution in [3.63, 3.8) is 0 Å². The average molecular weight is 409 g/mol. The van der Waals surface area contributed by atoms with E-state index in [0.29, 0.717) is 24.1 Å². The van der Waals surface area contributed by atoms with Crippen molar-refractivity contribution in [3.8, 4) is 11.1 Å². The third-order valence-electron chi connectivity index (χ3n) is 4.76. The zero-order chi connectivity index (χ0) is 18.3. The minimum atomic E-state index is 0.0198. The maximum Gasteiger partial charge on any atom is 0.220 e. The van der Waals surface area contributed by atoms with Gasteiger partial charge in [-0.1, -0.05) is 28.1 Å². The molecule has 4 rings (SSSR count). The van der Waals surface area contributed by atoms with Gasteiger partial charge in [0.25, 0.3) is 0 Å². The first-order chi connectivity index (χ1) is 12.5. The third-order valence-corrected chi connectivity index (χ3v) is 5.25. The van der Waals surface area contributed by atoms with Gasteiger partial charge >= 0.3 is 0 Å². The monoisotopic (exact) mass is 408 g/mol. The number of hydrogen-bond donors (Lipinski definition) is 1. The molecule has 130 valence electrons. The number of aromatic nitrogens is 3. The fourth-order valence-electron chi connectivity index (χ4n) is 3.67. The summed E-state index contributed by atoms with van der Waals surface area (Å²) < 4.78 is 1.01. The molecule has 0 radical (unpaired) electrons. The maximum atomic E-state index is 12.8. The van der Waals surface area contributed by atoms with Gasteiger partial charge in [-0.2, -0.15) is 0 Å². The smallest absolute Gasteiger partial charge is 0.220 e. The molecule has 1 aliphatic rings. The summed E-state index contributed by atoms with van der Waals surface area (Å²) in [4.78, 5) is 25.5. The van der Waals surface area contributed by atoms with Crippen molar-refractivity contribution in [3.05, 3.63) is 69.7 Å². The number of anilines is 1. The molecule has 2 aromatic heterocycles. The fourth-order valence-corrected chi connectivity index (χ4v) is 4.07. The Kier molecular flexibility index (Phi) is 4.28. The predicted octanol–water partition coefficient (Wildman–Crippen LogP) is 4.10. The van der Waals surface area contributed by atoms with Crippen LogP contribution >= 0.6 is 15.9 Å². The molecule has 1 atom stereocenters. The molecule has 26 heavy (non-hydrogen) atoms. The van der Waals surface area contributed by atoms with Gasteiger partial charge in [0.1, 0.15) is 0 Å². The zero-order valence-electron chi connectivity index (χ0n) is 14.2. The van der Waals surface area contributed by atoms with Crippen molar-refractivity contribution >= 4 is 27.7 Å². The minimum absolute atomic E-state index is 0.0198. The van der Waals surface area contributed by atoms with Crippen LogP contribution in [0, 0.1) is 6.92 Å². The van der Waals surface area contributed by atoms with Crippen molar-refractivity contribution in [2.45, 2.75) is 25.7 Å². The number of rotatable bonds is 2. The Morgan fingerprint density at radius 3 is 2.85 bits per heavy atom. The summed E-state index contributed by atoms with van der Waals surface area (Å²) in [5.74, 6) is 0.303. The Morgan fingerprint density at radius 1 is 1.19 bits per heavy atom. The molecule has 1 aliphatic carbocycles. The Labute approximate surface area is 159 Å². The van der Waals surface area contributed by atoms with Crippen LogP contribution in [0.4, 0.5) is 5.95 Å². The van der Waals surface area contributed by atoms with E-state index in [0.717, 1.165) is 26.9 Å². The van der Waals surface area contributed by atoms with E-state index >= 15 is 0 Å². The van der Waals surface area contributed by atoms with Gasteiger partial charge in [-0.3, -0.25) is 9.78 Å². The second kappa shape index (κ2) is 6.61. The van der Waals surface area contributed by atoms with E-state index in [-0.39, 0.29) is 17.6 Å². The maximum absolute atomic E-state index is 12.8. The lowest BCUT2D eigenvalue weighted by Gasteiger charge is -2.25. The number of carbonyl (C=O) groups excluding carboxylic acids is 1. The number of hydrogen-bond acceptors (Lipinski definition) is 5. The highest BCUT2D eigenvalue weighted by molar-refractivity contribution is 9.10. The topological polar surface area (TPSA) is 81.8 Å². The number of Topliss-reactive ketones (excluding diaryl/α,β-unsaturated/α-hetero) is 1. The molecule has 0 spiro atoms. The summed E-state index contributed by atoms with van der Waals surface area (Å²) in [7, 11) is 0. The SMILES string of the molecule is Cc1nc(N)nc2c1C(=O)CC(c1cnccc1-c1cccc(Br)c1)C2. The van der Waals surface area contributed by atoms with Crippen LogP contribution in [0.15, 0.2) is 47.2 Å². The molecule has 5 nitrogen and oxygen atoms in total. The number of benzene rings is 1. The molecule has 1 aromatic carbocycles. The lowest BCUT2D eigenvalue weighted by atomic mass is 9.79. The molecule has 0 aliphatic heterocycles. The first-order valence-corrected chi connectivity index (χ1v) is 9.18. The average Bonchev–Trinajstić information content (AvgIpc) is 2.60. The minimum Gasteiger partial charge on any atom is -0.368 e. The van der Waals surface area contributed by atoms with Crippen LogP contribution < -0.4 is 5.73 Å². The highest BCUT2D eigenvalue weighted by Gasteiger charge is 2.31. The quantitative estimate of drug-likeness (QED) is 0.689. The normalized spacial score (nSPS) is 16.4. The summed E-state index contributed by atoms with van der Waals surface area (Å²) in [6, 6.07) is 10.1. The lowest BCUT2D eigenvalue weighted by molar-refractivity contribution is 0.0962. The number of carbonyl (C=O) groups is 1. The van der Waals surface area contributed by atoms with E-state index in [4.69, 9.17) is 5.73 Å². The number of fused-ring (bicyclic) bond motifs is 1. The number of nitrogen functional groups attached to an aromatic ring is 1. The fraction of sp³-hybridized carbons (Fsp3) is 0.200. The number of halogens is 1. The van der Waals surface area contributed by atoms with Gasteiger partial charge in [-0.15, -0.1) is 0 Å². The summed E-state index contributed by atoms with van der Waals surface area (Å²) in [5.41, 5.74) is 11.1. The largest absolute Gasteiger partial charge is 0.368 e. The van der Waals surface area contributed by atoms with Crippen molar-refractivity contribution in [2.24, 2.45) is 0 Å². The van der Waals surface area contributed by atoms with Crippen LogP contribution in [0.2, 0.25) is 0 Å². The lowest BCUT2D eigenvalue weighted by Crippen LogP contribution is -2.23. The highest BCUT2D eigenvalue weighted by atomic mass is 79.9. The Hall–Kier alpha value is -2.60. The molecular formula is C20H17BrN4O. The van der Waals surface area contributed by atoms with Gasteiger partial charge < -0.3 is 5.73 Å². The number of ketones is 1. The molecule has 2 heterocycles. The first-order valence-electron chi connectivity index (χ1n) is 8.39. The van der Waals surface area contributed by atoms with Gasteiger partial charge in [0.15, 0.2) is 5.78 Å². The number of nitrogens with zero attached hydrogens (tertiary/aromatic N) is 3.